The summed E-state index contributed by atoms with van der Waals surface area (Å²) in [6, 6.07) is 14.8. The van der Waals surface area contributed by atoms with Crippen molar-refractivity contribution in [2.75, 3.05) is 12.4 Å². The Hall–Kier alpha value is -2.33. The van der Waals surface area contributed by atoms with Gasteiger partial charge in [0.25, 0.3) is 5.91 Å². The Balaban J connectivity index is 1.85. The van der Waals surface area contributed by atoms with Crippen LogP contribution in [0.5, 0.6) is 0 Å². The largest absolute Gasteiger partial charge is 0.390 e. The number of anilines is 1. The molecule has 0 fully saturated rings. The van der Waals surface area contributed by atoms with Crippen molar-refractivity contribution in [3.63, 3.8) is 0 Å². The molecule has 0 heterocycles. The molecule has 0 spiro atoms. The summed E-state index contributed by atoms with van der Waals surface area (Å²) in [5.41, 5.74) is 3.45. The van der Waals surface area contributed by atoms with Crippen LogP contribution in [0.2, 0.25) is 0 Å². The molecular weight excluding hydrogens is 264 g/mol. The highest BCUT2D eigenvalue weighted by Crippen LogP contribution is 2.31. The molecular formula is C17H18N2O2. The van der Waals surface area contributed by atoms with Crippen molar-refractivity contribution >= 4 is 11.6 Å². The third kappa shape index (κ3) is 2.50. The van der Waals surface area contributed by atoms with E-state index in [1.807, 2.05) is 42.5 Å². The molecule has 3 rings (SSSR count). The molecule has 2 aromatic rings. The van der Waals surface area contributed by atoms with Gasteiger partial charge in [-0.3, -0.25) is 4.79 Å². The van der Waals surface area contributed by atoms with Gasteiger partial charge in [-0.2, -0.15) is 0 Å². The van der Waals surface area contributed by atoms with Crippen LogP contribution >= 0.6 is 0 Å². The fourth-order valence-corrected chi connectivity index (χ4v) is 2.87. The average Bonchev–Trinajstić information content (AvgIpc) is 2.83. The van der Waals surface area contributed by atoms with Crippen LogP contribution in [0.3, 0.4) is 0 Å². The molecule has 0 saturated heterocycles. The molecule has 108 valence electrons. The number of fused-ring (bicyclic) bond motifs is 1. The highest BCUT2D eigenvalue weighted by atomic mass is 16.3. The van der Waals surface area contributed by atoms with Gasteiger partial charge in [-0.25, -0.2) is 0 Å². The molecule has 0 saturated carbocycles. The number of para-hydroxylation sites is 1. The lowest BCUT2D eigenvalue weighted by molar-refractivity contribution is 0.0859. The molecule has 0 radical (unpaired) electrons. The number of hydrogen-bond donors (Lipinski definition) is 3. The zero-order valence-electron chi connectivity index (χ0n) is 11.8. The van der Waals surface area contributed by atoms with Gasteiger partial charge in [0.05, 0.1) is 17.7 Å². The van der Waals surface area contributed by atoms with Crippen molar-refractivity contribution in [2.24, 2.45) is 0 Å². The first-order chi connectivity index (χ1) is 10.2. The molecule has 0 unspecified atom stereocenters. The fraction of sp³-hybridized carbons (Fsp3) is 0.235. The van der Waals surface area contributed by atoms with Crippen LogP contribution in [-0.2, 0) is 6.42 Å². The van der Waals surface area contributed by atoms with Gasteiger partial charge in [0.1, 0.15) is 0 Å². The van der Waals surface area contributed by atoms with Gasteiger partial charge in [-0.15, -0.1) is 0 Å². The first kappa shape index (κ1) is 13.6. The summed E-state index contributed by atoms with van der Waals surface area (Å²) in [5.74, 6) is -0.180. The molecule has 2 aromatic carbocycles. The zero-order chi connectivity index (χ0) is 14.8. The highest BCUT2D eigenvalue weighted by molar-refractivity contribution is 5.99. The van der Waals surface area contributed by atoms with E-state index in [9.17, 15) is 9.90 Å². The lowest BCUT2D eigenvalue weighted by Gasteiger charge is -2.19. The van der Waals surface area contributed by atoms with Crippen LogP contribution in [0, 0.1) is 0 Å². The minimum Gasteiger partial charge on any atom is -0.390 e. The minimum absolute atomic E-state index is 0.180. The number of hydrogen-bond acceptors (Lipinski definition) is 3. The summed E-state index contributed by atoms with van der Waals surface area (Å²) in [4.78, 5) is 12.5. The van der Waals surface area contributed by atoms with Crippen molar-refractivity contribution in [3.8, 4) is 0 Å². The fourth-order valence-electron chi connectivity index (χ4n) is 2.87. The van der Waals surface area contributed by atoms with E-state index in [0.717, 1.165) is 16.8 Å². The molecule has 4 nitrogen and oxygen atoms in total. The smallest absolute Gasteiger partial charge is 0.253 e. The molecule has 2 atom stereocenters. The predicted octanol–water partition coefficient (Wildman–Crippen LogP) is 2.12. The van der Waals surface area contributed by atoms with Crippen molar-refractivity contribution in [1.29, 1.82) is 0 Å². The first-order valence-corrected chi connectivity index (χ1v) is 7.04. The minimum atomic E-state index is -0.576. The zero-order valence-corrected chi connectivity index (χ0v) is 11.8. The van der Waals surface area contributed by atoms with Crippen LogP contribution in [0.15, 0.2) is 48.5 Å². The predicted molar refractivity (Wildman–Crippen MR) is 82.3 cm³/mol. The van der Waals surface area contributed by atoms with Crippen molar-refractivity contribution in [3.05, 3.63) is 65.2 Å². The van der Waals surface area contributed by atoms with E-state index < -0.39 is 6.10 Å². The van der Waals surface area contributed by atoms with Crippen molar-refractivity contribution in [2.45, 2.75) is 18.6 Å². The number of aliphatic hydroxyl groups excluding tert-OH is 1. The lowest BCUT2D eigenvalue weighted by Crippen LogP contribution is -2.34. The van der Waals surface area contributed by atoms with E-state index >= 15 is 0 Å². The van der Waals surface area contributed by atoms with E-state index in [0.29, 0.717) is 12.0 Å². The molecule has 1 aliphatic carbocycles. The Labute approximate surface area is 123 Å². The molecule has 0 bridgehead atoms. The number of benzene rings is 2. The number of aliphatic hydroxyl groups is 1. The molecule has 0 aliphatic heterocycles. The number of carbonyl (C=O) groups is 1. The molecule has 1 amide bonds. The molecule has 1 aliphatic rings. The summed E-state index contributed by atoms with van der Waals surface area (Å²) < 4.78 is 0. The highest BCUT2D eigenvalue weighted by Gasteiger charge is 2.32. The van der Waals surface area contributed by atoms with Crippen LogP contribution < -0.4 is 10.6 Å². The molecule has 21 heavy (non-hydrogen) atoms. The Bertz CT molecular complexity index is 669. The van der Waals surface area contributed by atoms with E-state index in [4.69, 9.17) is 0 Å². The maximum absolute atomic E-state index is 12.5. The normalized spacial score (nSPS) is 19.9. The van der Waals surface area contributed by atoms with Gasteiger partial charge in [-0.05, 0) is 23.3 Å². The summed E-state index contributed by atoms with van der Waals surface area (Å²) >= 11 is 0. The maximum Gasteiger partial charge on any atom is 0.253 e. The number of amides is 1. The third-order valence-electron chi connectivity index (χ3n) is 3.93. The van der Waals surface area contributed by atoms with Gasteiger partial charge in [0.2, 0.25) is 0 Å². The summed E-state index contributed by atoms with van der Waals surface area (Å²) in [6.45, 7) is 0. The monoisotopic (exact) mass is 282 g/mol. The van der Waals surface area contributed by atoms with Gasteiger partial charge in [-0.1, -0.05) is 36.4 Å². The molecule has 0 aromatic heterocycles. The second kappa shape index (κ2) is 5.58. The molecule has 4 heteroatoms. The standard InChI is InChI=1S/C17H18N2O2/c1-18-14-9-5-4-8-13(14)17(21)19-16-12-7-3-2-6-11(12)10-15(16)20/h2-9,15-16,18,20H,10H2,1H3,(H,19,21)/t15-,16+/m1/s1. The Morgan fingerprint density at radius 3 is 2.67 bits per heavy atom. The van der Waals surface area contributed by atoms with E-state index in [1.165, 1.54) is 0 Å². The van der Waals surface area contributed by atoms with Crippen LogP contribution in [0.1, 0.15) is 27.5 Å². The van der Waals surface area contributed by atoms with Gasteiger partial charge in [0, 0.05) is 19.2 Å². The van der Waals surface area contributed by atoms with Gasteiger partial charge < -0.3 is 15.7 Å². The van der Waals surface area contributed by atoms with E-state index in [2.05, 4.69) is 10.6 Å². The Morgan fingerprint density at radius 2 is 1.86 bits per heavy atom. The first-order valence-electron chi connectivity index (χ1n) is 7.04. The summed E-state index contributed by atoms with van der Waals surface area (Å²) in [5, 5.41) is 16.2. The number of nitrogens with one attached hydrogen (secondary N) is 2. The van der Waals surface area contributed by atoms with Crippen molar-refractivity contribution in [1.82, 2.24) is 5.32 Å². The summed E-state index contributed by atoms with van der Waals surface area (Å²) in [7, 11) is 1.78. The summed E-state index contributed by atoms with van der Waals surface area (Å²) in [6.07, 6.45) is 0.00233. The SMILES string of the molecule is CNc1ccccc1C(=O)N[C@H]1c2ccccc2C[C@H]1O. The molecule has 3 N–H and O–H groups in total. The average molecular weight is 282 g/mol. The van der Waals surface area contributed by atoms with Crippen LogP contribution in [-0.4, -0.2) is 24.2 Å². The lowest BCUT2D eigenvalue weighted by atomic mass is 10.1. The maximum atomic E-state index is 12.5. The van der Waals surface area contributed by atoms with Gasteiger partial charge >= 0.3 is 0 Å². The Kier molecular flexibility index (Phi) is 3.62. The van der Waals surface area contributed by atoms with Crippen LogP contribution in [0.4, 0.5) is 5.69 Å². The van der Waals surface area contributed by atoms with E-state index in [-0.39, 0.29) is 11.9 Å². The van der Waals surface area contributed by atoms with E-state index in [1.54, 1.807) is 13.1 Å². The second-order valence-electron chi connectivity index (χ2n) is 5.22. The van der Waals surface area contributed by atoms with Gasteiger partial charge in [0.15, 0.2) is 0 Å². The van der Waals surface area contributed by atoms with Crippen molar-refractivity contribution < 1.29 is 9.90 Å². The quantitative estimate of drug-likeness (QED) is 0.808. The number of carbonyl (C=O) groups excluding carboxylic acids is 1. The second-order valence-corrected chi connectivity index (χ2v) is 5.22. The van der Waals surface area contributed by atoms with Crippen LogP contribution in [0.25, 0.3) is 0 Å². The third-order valence-corrected chi connectivity index (χ3v) is 3.93. The number of rotatable bonds is 3. The topological polar surface area (TPSA) is 61.4 Å². The Morgan fingerprint density at radius 1 is 1.14 bits per heavy atom.